The smallest absolute Gasteiger partial charge is 0.271 e. The van der Waals surface area contributed by atoms with Crippen LogP contribution in [0.15, 0.2) is 0 Å². The molecule has 2 heterocycles. The summed E-state index contributed by atoms with van der Waals surface area (Å²) >= 11 is 5.62. The summed E-state index contributed by atoms with van der Waals surface area (Å²) in [4.78, 5) is 7.36. The van der Waals surface area contributed by atoms with Crippen molar-refractivity contribution in [2.45, 2.75) is 13.1 Å². The molecule has 2 aromatic heterocycles. The van der Waals surface area contributed by atoms with E-state index in [1.165, 1.54) is 6.92 Å². The van der Waals surface area contributed by atoms with Crippen LogP contribution in [0, 0.1) is 6.92 Å². The molecule has 0 aromatic carbocycles. The predicted octanol–water partition coefficient (Wildman–Crippen LogP) is 2.33. The summed E-state index contributed by atoms with van der Waals surface area (Å²) in [7, 11) is 0. The summed E-state index contributed by atoms with van der Waals surface area (Å²) < 4.78 is 37.3. The van der Waals surface area contributed by atoms with E-state index in [1.807, 2.05) is 5.10 Å². The molecule has 0 fully saturated rings. The van der Waals surface area contributed by atoms with Gasteiger partial charge in [0, 0.05) is 0 Å². The third kappa shape index (κ3) is 1.63. The molecule has 0 saturated carbocycles. The zero-order chi connectivity index (χ0) is 11.2. The molecule has 0 unspecified atom stereocenters. The van der Waals surface area contributed by atoms with Crippen LogP contribution in [0.25, 0.3) is 11.0 Å². The molecule has 1 N–H and O–H groups in total. The van der Waals surface area contributed by atoms with E-state index < -0.39 is 11.9 Å². The van der Waals surface area contributed by atoms with Gasteiger partial charge in [0.1, 0.15) is 16.9 Å². The van der Waals surface area contributed by atoms with Crippen molar-refractivity contribution >= 4 is 22.6 Å². The lowest BCUT2D eigenvalue weighted by Gasteiger charge is -2.02. The molecule has 0 aliphatic rings. The summed E-state index contributed by atoms with van der Waals surface area (Å²) in [5.41, 5.74) is -1.39. The van der Waals surface area contributed by atoms with Gasteiger partial charge in [-0.3, -0.25) is 5.10 Å². The fourth-order valence-electron chi connectivity index (χ4n) is 1.17. The SMILES string of the molecule is Cc1nc(Cl)c2n[nH]c(C(F)(F)F)c2n1. The average Bonchev–Trinajstić information content (AvgIpc) is 2.45. The lowest BCUT2D eigenvalue weighted by atomic mass is 10.3. The highest BCUT2D eigenvalue weighted by atomic mass is 35.5. The minimum Gasteiger partial charge on any atom is -0.271 e. The van der Waals surface area contributed by atoms with Crippen LogP contribution in [0.3, 0.4) is 0 Å². The fraction of sp³-hybridized carbons (Fsp3) is 0.286. The monoisotopic (exact) mass is 236 g/mol. The molecule has 2 aromatic rings. The van der Waals surface area contributed by atoms with Crippen LogP contribution in [-0.2, 0) is 6.18 Å². The fourth-order valence-corrected chi connectivity index (χ4v) is 1.42. The summed E-state index contributed by atoms with van der Waals surface area (Å²) in [6, 6.07) is 0. The molecule has 0 aliphatic heterocycles. The summed E-state index contributed by atoms with van der Waals surface area (Å²) in [6.07, 6.45) is -4.53. The second-order valence-electron chi connectivity index (χ2n) is 2.86. The van der Waals surface area contributed by atoms with Crippen LogP contribution < -0.4 is 0 Å². The average molecular weight is 237 g/mol. The van der Waals surface area contributed by atoms with Gasteiger partial charge < -0.3 is 0 Å². The zero-order valence-electron chi connectivity index (χ0n) is 7.35. The van der Waals surface area contributed by atoms with Crippen molar-refractivity contribution in [2.24, 2.45) is 0 Å². The lowest BCUT2D eigenvalue weighted by Crippen LogP contribution is -2.06. The lowest BCUT2D eigenvalue weighted by molar-refractivity contribution is -0.140. The van der Waals surface area contributed by atoms with Crippen LogP contribution in [0.2, 0.25) is 5.15 Å². The summed E-state index contributed by atoms with van der Waals surface area (Å²) in [5.74, 6) is 0.166. The largest absolute Gasteiger partial charge is 0.434 e. The van der Waals surface area contributed by atoms with Crippen molar-refractivity contribution in [2.75, 3.05) is 0 Å². The number of halogens is 4. The van der Waals surface area contributed by atoms with Crippen molar-refractivity contribution < 1.29 is 13.2 Å². The van der Waals surface area contributed by atoms with E-state index in [-0.39, 0.29) is 22.0 Å². The quantitative estimate of drug-likeness (QED) is 0.715. The van der Waals surface area contributed by atoms with E-state index in [2.05, 4.69) is 15.1 Å². The Morgan fingerprint density at radius 1 is 1.20 bits per heavy atom. The van der Waals surface area contributed by atoms with Gasteiger partial charge >= 0.3 is 6.18 Å². The number of nitrogens with one attached hydrogen (secondary N) is 1. The normalized spacial score (nSPS) is 12.3. The van der Waals surface area contributed by atoms with Gasteiger partial charge in [0.15, 0.2) is 10.8 Å². The highest BCUT2D eigenvalue weighted by Crippen LogP contribution is 2.33. The molecule has 80 valence electrons. The van der Waals surface area contributed by atoms with Crippen LogP contribution >= 0.6 is 11.6 Å². The molecule has 0 aliphatic carbocycles. The Morgan fingerprint density at radius 2 is 1.87 bits per heavy atom. The Kier molecular flexibility index (Phi) is 2.07. The summed E-state index contributed by atoms with van der Waals surface area (Å²) in [6.45, 7) is 1.46. The molecule has 0 atom stereocenters. The molecule has 15 heavy (non-hydrogen) atoms. The van der Waals surface area contributed by atoms with E-state index in [1.54, 1.807) is 0 Å². The molecule has 0 amide bonds. The van der Waals surface area contributed by atoms with Gasteiger partial charge in [-0.25, -0.2) is 9.97 Å². The minimum atomic E-state index is -4.53. The molecular formula is C7H4ClF3N4. The molecular weight excluding hydrogens is 233 g/mol. The summed E-state index contributed by atoms with van der Waals surface area (Å²) in [5, 5.41) is 5.19. The first-order valence-corrected chi connectivity index (χ1v) is 4.23. The Hall–Kier alpha value is -1.37. The molecule has 0 spiro atoms. The van der Waals surface area contributed by atoms with E-state index >= 15 is 0 Å². The number of H-pyrrole nitrogens is 1. The van der Waals surface area contributed by atoms with E-state index in [4.69, 9.17) is 11.6 Å². The molecule has 0 bridgehead atoms. The first-order valence-electron chi connectivity index (χ1n) is 3.85. The van der Waals surface area contributed by atoms with Gasteiger partial charge in [-0.05, 0) is 6.92 Å². The highest BCUT2D eigenvalue weighted by Gasteiger charge is 2.36. The maximum absolute atomic E-state index is 12.4. The second kappa shape index (κ2) is 3.06. The van der Waals surface area contributed by atoms with E-state index in [0.29, 0.717) is 0 Å². The number of nitrogens with zero attached hydrogens (tertiary/aromatic N) is 3. The Bertz CT molecular complexity index is 519. The van der Waals surface area contributed by atoms with Crippen LogP contribution in [0.1, 0.15) is 11.5 Å². The van der Waals surface area contributed by atoms with Gasteiger partial charge in [0.25, 0.3) is 0 Å². The van der Waals surface area contributed by atoms with Crippen LogP contribution in [-0.4, -0.2) is 20.2 Å². The first kappa shape index (κ1) is 10.2. The van der Waals surface area contributed by atoms with Gasteiger partial charge in [-0.2, -0.15) is 18.3 Å². The predicted molar refractivity (Wildman–Crippen MR) is 46.4 cm³/mol. The standard InChI is InChI=1S/C7H4ClF3N4/c1-2-12-3-4(6(8)13-2)14-15-5(3)7(9,10)11/h1H3,(H,14,15). The second-order valence-corrected chi connectivity index (χ2v) is 3.21. The number of rotatable bonds is 0. The first-order chi connectivity index (χ1) is 6.89. The number of alkyl halides is 3. The van der Waals surface area contributed by atoms with Crippen molar-refractivity contribution in [3.63, 3.8) is 0 Å². The van der Waals surface area contributed by atoms with Crippen LogP contribution in [0.4, 0.5) is 13.2 Å². The third-order valence-corrected chi connectivity index (χ3v) is 2.02. The number of hydrogen-bond acceptors (Lipinski definition) is 3. The van der Waals surface area contributed by atoms with Crippen molar-refractivity contribution in [1.29, 1.82) is 0 Å². The maximum Gasteiger partial charge on any atom is 0.434 e. The minimum absolute atomic E-state index is 0.0745. The topological polar surface area (TPSA) is 54.5 Å². The highest BCUT2D eigenvalue weighted by molar-refractivity contribution is 6.33. The molecule has 0 saturated heterocycles. The Balaban J connectivity index is 2.80. The molecule has 4 nitrogen and oxygen atoms in total. The van der Waals surface area contributed by atoms with Crippen molar-refractivity contribution in [3.05, 3.63) is 16.7 Å². The van der Waals surface area contributed by atoms with Gasteiger partial charge in [-0.15, -0.1) is 0 Å². The van der Waals surface area contributed by atoms with Gasteiger partial charge in [-0.1, -0.05) is 11.6 Å². The number of fused-ring (bicyclic) bond motifs is 1. The number of aromatic amines is 1. The molecule has 0 radical (unpaired) electrons. The van der Waals surface area contributed by atoms with Crippen molar-refractivity contribution in [3.8, 4) is 0 Å². The van der Waals surface area contributed by atoms with Gasteiger partial charge in [0.05, 0.1) is 0 Å². The number of aromatic nitrogens is 4. The maximum atomic E-state index is 12.4. The van der Waals surface area contributed by atoms with E-state index in [0.717, 1.165) is 0 Å². The van der Waals surface area contributed by atoms with E-state index in [9.17, 15) is 13.2 Å². The Morgan fingerprint density at radius 3 is 2.47 bits per heavy atom. The number of aryl methyl sites for hydroxylation is 1. The molecule has 2 rings (SSSR count). The zero-order valence-corrected chi connectivity index (χ0v) is 8.11. The number of hydrogen-bond donors (Lipinski definition) is 1. The molecule has 8 heteroatoms. The van der Waals surface area contributed by atoms with Crippen LogP contribution in [0.5, 0.6) is 0 Å². The Labute approximate surface area is 86.5 Å². The van der Waals surface area contributed by atoms with Gasteiger partial charge in [0.2, 0.25) is 0 Å². The van der Waals surface area contributed by atoms with Crippen molar-refractivity contribution in [1.82, 2.24) is 20.2 Å². The third-order valence-electron chi connectivity index (χ3n) is 1.75.